The van der Waals surface area contributed by atoms with Crippen LogP contribution in [0.25, 0.3) is 6.08 Å². The maximum atomic E-state index is 13.3. The zero-order chi connectivity index (χ0) is 17.3. The van der Waals surface area contributed by atoms with Crippen LogP contribution in [0.15, 0.2) is 47.1 Å². The summed E-state index contributed by atoms with van der Waals surface area (Å²) in [6.45, 7) is 0. The average Bonchev–Trinajstić information content (AvgIpc) is 2.91. The van der Waals surface area contributed by atoms with Gasteiger partial charge in [-0.2, -0.15) is 0 Å². The molecular weight excluding hydrogens is 338 g/mol. The highest BCUT2D eigenvalue weighted by atomic mass is 35.5. The van der Waals surface area contributed by atoms with Crippen molar-refractivity contribution in [3.63, 3.8) is 0 Å². The van der Waals surface area contributed by atoms with Crippen molar-refractivity contribution in [1.82, 2.24) is 5.32 Å². The summed E-state index contributed by atoms with van der Waals surface area (Å²) in [6, 6.07) is 8.24. The summed E-state index contributed by atoms with van der Waals surface area (Å²) in [5.41, 5.74) is 0.949. The molecule has 4 nitrogen and oxygen atoms in total. The van der Waals surface area contributed by atoms with Crippen LogP contribution in [0.5, 0.6) is 5.75 Å². The van der Waals surface area contributed by atoms with Crippen LogP contribution >= 0.6 is 11.6 Å². The molecule has 7 heteroatoms. The second kappa shape index (κ2) is 6.41. The quantitative estimate of drug-likeness (QED) is 0.862. The van der Waals surface area contributed by atoms with E-state index in [1.54, 1.807) is 18.2 Å². The normalized spacial score (nSPS) is 15.4. The number of rotatable bonds is 3. The molecule has 0 aliphatic carbocycles. The van der Waals surface area contributed by atoms with E-state index in [2.05, 4.69) is 10.3 Å². The molecule has 1 aliphatic rings. The second-order valence-corrected chi connectivity index (χ2v) is 5.40. The number of halogens is 3. The fourth-order valence-electron chi connectivity index (χ4n) is 2.21. The summed E-state index contributed by atoms with van der Waals surface area (Å²) in [5.74, 6) is -1.78. The number of methoxy groups -OCH3 is 1. The Morgan fingerprint density at radius 3 is 2.67 bits per heavy atom. The molecule has 0 bridgehead atoms. The Hall–Kier alpha value is -2.73. The minimum Gasteiger partial charge on any atom is -0.496 e. The summed E-state index contributed by atoms with van der Waals surface area (Å²) in [7, 11) is 1.50. The van der Waals surface area contributed by atoms with Crippen molar-refractivity contribution in [2.45, 2.75) is 0 Å². The molecule has 1 N–H and O–H groups in total. The summed E-state index contributed by atoms with van der Waals surface area (Å²) in [6.07, 6.45) is 1.51. The number of hydrogen-bond acceptors (Lipinski definition) is 3. The Morgan fingerprint density at radius 1 is 1.17 bits per heavy atom. The molecule has 1 aliphatic heterocycles. The van der Waals surface area contributed by atoms with Crippen LogP contribution in [0.1, 0.15) is 11.1 Å². The van der Waals surface area contributed by atoms with Crippen LogP contribution in [-0.2, 0) is 4.79 Å². The first-order valence-electron chi connectivity index (χ1n) is 6.88. The van der Waals surface area contributed by atoms with Gasteiger partial charge in [0.2, 0.25) is 0 Å². The van der Waals surface area contributed by atoms with Gasteiger partial charge in [0, 0.05) is 16.1 Å². The van der Waals surface area contributed by atoms with Gasteiger partial charge in [0.05, 0.1) is 7.11 Å². The number of nitrogens with zero attached hydrogens (tertiary/aromatic N) is 1. The van der Waals surface area contributed by atoms with E-state index in [0.29, 0.717) is 16.3 Å². The lowest BCUT2D eigenvalue weighted by Crippen LogP contribution is -2.24. The maximum absolute atomic E-state index is 13.3. The molecule has 1 heterocycles. The molecule has 0 saturated heterocycles. The van der Waals surface area contributed by atoms with Gasteiger partial charge >= 0.3 is 0 Å². The zero-order valence-corrected chi connectivity index (χ0v) is 13.2. The van der Waals surface area contributed by atoms with E-state index in [4.69, 9.17) is 16.3 Å². The molecule has 2 aromatic carbocycles. The van der Waals surface area contributed by atoms with Crippen LogP contribution in [0.2, 0.25) is 5.02 Å². The van der Waals surface area contributed by atoms with Gasteiger partial charge in [-0.1, -0.05) is 11.6 Å². The summed E-state index contributed by atoms with van der Waals surface area (Å²) >= 11 is 5.95. The van der Waals surface area contributed by atoms with Crippen LogP contribution in [0.4, 0.5) is 8.78 Å². The molecule has 0 aromatic heterocycles. The van der Waals surface area contributed by atoms with Gasteiger partial charge in [-0.05, 0) is 42.5 Å². The lowest BCUT2D eigenvalue weighted by Gasteiger charge is -2.05. The highest BCUT2D eigenvalue weighted by molar-refractivity contribution is 6.30. The fraction of sp³-hybridized carbons (Fsp3) is 0.0588. The third kappa shape index (κ3) is 3.14. The largest absolute Gasteiger partial charge is 0.496 e. The lowest BCUT2D eigenvalue weighted by molar-refractivity contribution is -0.115. The van der Waals surface area contributed by atoms with E-state index >= 15 is 0 Å². The molecule has 0 spiro atoms. The SMILES string of the molecule is COc1ccc(Cl)cc1/C=C1/N=C(c2ccc(F)c(F)c2)NC1=O. The van der Waals surface area contributed by atoms with Gasteiger partial charge in [-0.3, -0.25) is 4.79 Å². The van der Waals surface area contributed by atoms with Crippen LogP contribution < -0.4 is 10.1 Å². The second-order valence-electron chi connectivity index (χ2n) is 4.96. The van der Waals surface area contributed by atoms with Crippen molar-refractivity contribution in [2.24, 2.45) is 4.99 Å². The number of nitrogens with one attached hydrogen (secondary N) is 1. The van der Waals surface area contributed by atoms with E-state index < -0.39 is 17.5 Å². The van der Waals surface area contributed by atoms with Gasteiger partial charge < -0.3 is 10.1 Å². The molecular formula is C17H11ClF2N2O2. The van der Waals surface area contributed by atoms with Crippen LogP contribution in [0.3, 0.4) is 0 Å². The van der Waals surface area contributed by atoms with Crippen molar-refractivity contribution in [2.75, 3.05) is 7.11 Å². The molecule has 0 atom stereocenters. The van der Waals surface area contributed by atoms with Crippen LogP contribution in [-0.4, -0.2) is 18.9 Å². The Morgan fingerprint density at radius 2 is 1.96 bits per heavy atom. The Kier molecular flexibility index (Phi) is 4.31. The van der Waals surface area contributed by atoms with E-state index in [9.17, 15) is 13.6 Å². The third-order valence-corrected chi connectivity index (χ3v) is 3.61. The predicted molar refractivity (Wildman–Crippen MR) is 87.0 cm³/mol. The predicted octanol–water partition coefficient (Wildman–Crippen LogP) is 3.54. The maximum Gasteiger partial charge on any atom is 0.275 e. The fourth-order valence-corrected chi connectivity index (χ4v) is 2.39. The molecule has 3 rings (SSSR count). The number of amidine groups is 1. The molecule has 2 aromatic rings. The van der Waals surface area contributed by atoms with Gasteiger partial charge in [0.25, 0.3) is 5.91 Å². The topological polar surface area (TPSA) is 50.7 Å². The van der Waals surface area contributed by atoms with Gasteiger partial charge in [-0.15, -0.1) is 0 Å². The first kappa shape index (κ1) is 16.1. The standard InChI is InChI=1S/C17H11ClF2N2O2/c1-24-15-5-3-11(18)6-10(15)8-14-17(23)22-16(21-14)9-2-4-12(19)13(20)7-9/h2-8H,1H3,(H,21,22,23)/b14-8+. The summed E-state index contributed by atoms with van der Waals surface area (Å²) < 4.78 is 31.5. The number of carbonyl (C=O) groups excluding carboxylic acids is 1. The van der Waals surface area contributed by atoms with Crippen molar-refractivity contribution >= 4 is 29.4 Å². The minimum absolute atomic E-state index is 0.107. The highest BCUT2D eigenvalue weighted by Crippen LogP contribution is 2.26. The van der Waals surface area contributed by atoms with Crippen molar-refractivity contribution in [3.8, 4) is 5.75 Å². The van der Waals surface area contributed by atoms with Gasteiger partial charge in [0.15, 0.2) is 11.6 Å². The van der Waals surface area contributed by atoms with E-state index in [0.717, 1.165) is 12.1 Å². The molecule has 0 fully saturated rings. The summed E-state index contributed by atoms with van der Waals surface area (Å²) in [4.78, 5) is 16.2. The molecule has 0 radical (unpaired) electrons. The van der Waals surface area contributed by atoms with Crippen molar-refractivity contribution in [3.05, 3.63) is 69.9 Å². The highest BCUT2D eigenvalue weighted by Gasteiger charge is 2.22. The number of aliphatic imine (C=N–C) groups is 1. The Balaban J connectivity index is 2.00. The average molecular weight is 349 g/mol. The first-order valence-corrected chi connectivity index (χ1v) is 7.26. The van der Waals surface area contributed by atoms with E-state index in [1.807, 2.05) is 0 Å². The number of carbonyl (C=O) groups is 1. The minimum atomic E-state index is -1.02. The molecule has 0 unspecified atom stereocenters. The molecule has 1 amide bonds. The Labute approximate surface area is 141 Å². The first-order chi connectivity index (χ1) is 11.5. The smallest absolute Gasteiger partial charge is 0.275 e. The molecule has 122 valence electrons. The number of hydrogen-bond donors (Lipinski definition) is 1. The van der Waals surface area contributed by atoms with E-state index in [1.165, 1.54) is 19.3 Å². The Bertz CT molecular complexity index is 894. The lowest BCUT2D eigenvalue weighted by atomic mass is 10.1. The molecule has 24 heavy (non-hydrogen) atoms. The summed E-state index contributed by atoms with van der Waals surface area (Å²) in [5, 5.41) is 3.00. The van der Waals surface area contributed by atoms with Crippen LogP contribution in [0, 0.1) is 11.6 Å². The van der Waals surface area contributed by atoms with Gasteiger partial charge in [0.1, 0.15) is 17.3 Å². The number of benzene rings is 2. The van der Waals surface area contributed by atoms with Gasteiger partial charge in [-0.25, -0.2) is 13.8 Å². The van der Waals surface area contributed by atoms with E-state index in [-0.39, 0.29) is 17.1 Å². The molecule has 0 saturated carbocycles. The van der Waals surface area contributed by atoms with Crippen molar-refractivity contribution in [1.29, 1.82) is 0 Å². The zero-order valence-electron chi connectivity index (χ0n) is 12.4. The van der Waals surface area contributed by atoms with Crippen molar-refractivity contribution < 1.29 is 18.3 Å². The number of ether oxygens (including phenoxy) is 1. The monoisotopic (exact) mass is 348 g/mol. The number of amides is 1. The third-order valence-electron chi connectivity index (χ3n) is 3.37.